The van der Waals surface area contributed by atoms with Crippen molar-refractivity contribution in [2.24, 2.45) is 10.2 Å². The summed E-state index contributed by atoms with van der Waals surface area (Å²) in [6, 6.07) is 6.20. The second-order valence-corrected chi connectivity index (χ2v) is 5.25. The van der Waals surface area contributed by atoms with E-state index in [0.29, 0.717) is 17.9 Å². The van der Waals surface area contributed by atoms with Gasteiger partial charge in [0.15, 0.2) is 4.77 Å². The van der Waals surface area contributed by atoms with E-state index in [1.54, 1.807) is 24.3 Å². The van der Waals surface area contributed by atoms with Crippen molar-refractivity contribution < 1.29 is 14.6 Å². The monoisotopic (exact) mass is 348 g/mol. The standard InChI is InChI=1S/C15H16N4O4S/c1-2-3-8-23-14(22)9-4-6-10(7-5-9)18-19-11-12(20)16-15(24)17-13(11)21/h4-7H,2-3,8H2,1H3,(H3,16,17,20,21,24). The SMILES string of the molecule is CCCCOC(=O)c1ccc(N=Nc2c(O)[nH]c(=S)[nH]c2=O)cc1. The Balaban J connectivity index is 2.10. The highest BCUT2D eigenvalue weighted by Crippen LogP contribution is 2.21. The molecule has 0 fully saturated rings. The first-order chi connectivity index (χ1) is 11.5. The Morgan fingerprint density at radius 3 is 2.58 bits per heavy atom. The van der Waals surface area contributed by atoms with Crippen LogP contribution in [-0.4, -0.2) is 27.7 Å². The number of carbonyl (C=O) groups excluding carboxylic acids is 1. The van der Waals surface area contributed by atoms with Gasteiger partial charge < -0.3 is 14.8 Å². The van der Waals surface area contributed by atoms with Gasteiger partial charge in [-0.25, -0.2) is 4.79 Å². The van der Waals surface area contributed by atoms with Gasteiger partial charge in [-0.3, -0.25) is 9.78 Å². The lowest BCUT2D eigenvalue weighted by molar-refractivity contribution is 0.0500. The van der Waals surface area contributed by atoms with Crippen LogP contribution in [0, 0.1) is 4.77 Å². The number of carbonyl (C=O) groups is 1. The smallest absolute Gasteiger partial charge is 0.338 e. The highest BCUT2D eigenvalue weighted by molar-refractivity contribution is 7.71. The topological polar surface area (TPSA) is 120 Å². The largest absolute Gasteiger partial charge is 0.493 e. The molecule has 126 valence electrons. The van der Waals surface area contributed by atoms with Gasteiger partial charge in [-0.1, -0.05) is 13.3 Å². The predicted molar refractivity (Wildman–Crippen MR) is 89.7 cm³/mol. The molecule has 0 spiro atoms. The number of aromatic hydroxyl groups is 1. The van der Waals surface area contributed by atoms with Crippen LogP contribution < -0.4 is 5.56 Å². The summed E-state index contributed by atoms with van der Waals surface area (Å²) in [4.78, 5) is 28.1. The molecule has 1 aromatic heterocycles. The van der Waals surface area contributed by atoms with Gasteiger partial charge in [0.1, 0.15) is 0 Å². The Labute approximate surface area is 142 Å². The minimum atomic E-state index is -0.656. The van der Waals surface area contributed by atoms with Crippen molar-refractivity contribution in [3.05, 3.63) is 45.0 Å². The first-order valence-corrected chi connectivity index (χ1v) is 7.66. The average molecular weight is 348 g/mol. The summed E-state index contributed by atoms with van der Waals surface area (Å²) < 4.78 is 5.08. The molecule has 0 amide bonds. The number of aromatic amines is 2. The Morgan fingerprint density at radius 1 is 1.25 bits per heavy atom. The lowest BCUT2D eigenvalue weighted by Crippen LogP contribution is -2.06. The Kier molecular flexibility index (Phi) is 5.96. The number of hydrogen-bond acceptors (Lipinski definition) is 7. The van der Waals surface area contributed by atoms with Crippen LogP contribution in [0.3, 0.4) is 0 Å². The maximum Gasteiger partial charge on any atom is 0.338 e. The molecule has 0 radical (unpaired) electrons. The van der Waals surface area contributed by atoms with Gasteiger partial charge in [-0.05, 0) is 42.9 Å². The summed E-state index contributed by atoms with van der Waals surface area (Å²) in [6.07, 6.45) is 1.76. The maximum atomic E-state index is 11.8. The van der Waals surface area contributed by atoms with Gasteiger partial charge in [-0.15, -0.1) is 5.11 Å². The second kappa shape index (κ2) is 8.16. The fourth-order valence-electron chi connectivity index (χ4n) is 1.73. The fourth-order valence-corrected chi connectivity index (χ4v) is 1.91. The molecule has 0 aliphatic rings. The van der Waals surface area contributed by atoms with E-state index in [1.165, 1.54) is 0 Å². The Bertz CT molecular complexity index is 855. The fraction of sp³-hybridized carbons (Fsp3) is 0.267. The van der Waals surface area contributed by atoms with E-state index in [2.05, 4.69) is 20.2 Å². The predicted octanol–water partition coefficient (Wildman–Crippen LogP) is 3.51. The zero-order valence-corrected chi connectivity index (χ0v) is 13.7. The number of unbranched alkanes of at least 4 members (excludes halogenated alkanes) is 1. The molecular formula is C15H16N4O4S. The minimum Gasteiger partial charge on any atom is -0.493 e. The average Bonchev–Trinajstić information content (AvgIpc) is 2.54. The summed E-state index contributed by atoms with van der Waals surface area (Å²) in [6.45, 7) is 2.39. The van der Waals surface area contributed by atoms with E-state index in [0.717, 1.165) is 12.8 Å². The van der Waals surface area contributed by atoms with Crippen molar-refractivity contribution >= 4 is 29.6 Å². The Hall–Kier alpha value is -2.81. The highest BCUT2D eigenvalue weighted by Gasteiger charge is 2.08. The summed E-state index contributed by atoms with van der Waals surface area (Å²) in [5.41, 5.74) is -0.140. The molecule has 3 N–H and O–H groups in total. The number of azo groups is 1. The third kappa shape index (κ3) is 4.59. The number of nitrogens with one attached hydrogen (secondary N) is 2. The number of benzene rings is 1. The van der Waals surface area contributed by atoms with Gasteiger partial charge >= 0.3 is 5.97 Å². The van der Waals surface area contributed by atoms with Gasteiger partial charge in [0.05, 0.1) is 17.9 Å². The van der Waals surface area contributed by atoms with E-state index in [4.69, 9.17) is 17.0 Å². The molecule has 1 heterocycles. The number of aromatic nitrogens is 2. The molecule has 0 bridgehead atoms. The number of ether oxygens (including phenoxy) is 1. The number of rotatable bonds is 6. The summed E-state index contributed by atoms with van der Waals surface area (Å²) in [7, 11) is 0. The van der Waals surface area contributed by atoms with E-state index < -0.39 is 17.4 Å². The number of hydrogen-bond donors (Lipinski definition) is 3. The van der Waals surface area contributed by atoms with Crippen LogP contribution in [0.25, 0.3) is 0 Å². The van der Waals surface area contributed by atoms with Crippen LogP contribution in [0.2, 0.25) is 0 Å². The highest BCUT2D eigenvalue weighted by atomic mass is 32.1. The van der Waals surface area contributed by atoms with E-state index in [1.807, 2.05) is 6.92 Å². The van der Waals surface area contributed by atoms with Crippen LogP contribution in [0.4, 0.5) is 11.4 Å². The molecule has 0 saturated carbocycles. The summed E-state index contributed by atoms with van der Waals surface area (Å²) in [5.74, 6) is -0.875. The molecular weight excluding hydrogens is 332 g/mol. The zero-order chi connectivity index (χ0) is 17.5. The molecule has 0 atom stereocenters. The quantitative estimate of drug-likeness (QED) is 0.319. The number of H-pyrrole nitrogens is 2. The van der Waals surface area contributed by atoms with Crippen LogP contribution in [-0.2, 0) is 4.74 Å². The molecule has 0 aliphatic carbocycles. The van der Waals surface area contributed by atoms with Crippen molar-refractivity contribution in [3.63, 3.8) is 0 Å². The summed E-state index contributed by atoms with van der Waals surface area (Å²) in [5, 5.41) is 17.1. The first kappa shape index (κ1) is 17.5. The zero-order valence-electron chi connectivity index (χ0n) is 12.9. The Morgan fingerprint density at radius 2 is 1.96 bits per heavy atom. The van der Waals surface area contributed by atoms with Crippen molar-refractivity contribution in [2.45, 2.75) is 19.8 Å². The molecule has 0 aliphatic heterocycles. The number of nitrogens with zero attached hydrogens (tertiary/aromatic N) is 2. The lowest BCUT2D eigenvalue weighted by atomic mass is 10.2. The molecule has 9 heteroatoms. The minimum absolute atomic E-state index is 0.0117. The molecule has 0 unspecified atom stereocenters. The van der Waals surface area contributed by atoms with E-state index in [9.17, 15) is 14.7 Å². The molecule has 2 aromatic rings. The maximum absolute atomic E-state index is 11.8. The van der Waals surface area contributed by atoms with Crippen molar-refractivity contribution in [1.82, 2.24) is 9.97 Å². The number of esters is 1. The van der Waals surface area contributed by atoms with Gasteiger partial charge in [0.2, 0.25) is 11.6 Å². The van der Waals surface area contributed by atoms with Gasteiger partial charge in [-0.2, -0.15) is 5.11 Å². The molecule has 2 rings (SSSR count). The van der Waals surface area contributed by atoms with Crippen molar-refractivity contribution in [2.75, 3.05) is 6.61 Å². The van der Waals surface area contributed by atoms with E-state index >= 15 is 0 Å². The summed E-state index contributed by atoms with van der Waals surface area (Å²) >= 11 is 4.71. The molecule has 1 aromatic carbocycles. The third-order valence-electron chi connectivity index (χ3n) is 3.00. The van der Waals surface area contributed by atoms with Crippen LogP contribution in [0.1, 0.15) is 30.1 Å². The van der Waals surface area contributed by atoms with E-state index in [-0.39, 0.29) is 10.5 Å². The first-order valence-electron chi connectivity index (χ1n) is 7.25. The van der Waals surface area contributed by atoms with Gasteiger partial charge in [0, 0.05) is 0 Å². The van der Waals surface area contributed by atoms with Crippen molar-refractivity contribution in [1.29, 1.82) is 0 Å². The van der Waals surface area contributed by atoms with Crippen LogP contribution in [0.15, 0.2) is 39.3 Å². The van der Waals surface area contributed by atoms with Crippen LogP contribution >= 0.6 is 12.2 Å². The lowest BCUT2D eigenvalue weighted by Gasteiger charge is -2.03. The third-order valence-corrected chi connectivity index (χ3v) is 3.20. The van der Waals surface area contributed by atoms with Crippen LogP contribution in [0.5, 0.6) is 5.88 Å². The second-order valence-electron chi connectivity index (χ2n) is 4.84. The molecule has 0 saturated heterocycles. The van der Waals surface area contributed by atoms with Crippen molar-refractivity contribution in [3.8, 4) is 5.88 Å². The normalized spacial score (nSPS) is 10.9. The molecule has 24 heavy (non-hydrogen) atoms. The molecule has 8 nitrogen and oxygen atoms in total. The van der Waals surface area contributed by atoms with Gasteiger partial charge in [0.25, 0.3) is 5.56 Å².